The summed E-state index contributed by atoms with van der Waals surface area (Å²) in [5, 5.41) is 14.4. The van der Waals surface area contributed by atoms with Gasteiger partial charge in [-0.25, -0.2) is 4.68 Å². The minimum atomic E-state index is -0.0283. The fourth-order valence-corrected chi connectivity index (χ4v) is 3.44. The van der Waals surface area contributed by atoms with Crippen LogP contribution in [-0.2, 0) is 17.6 Å². The number of tetrazole rings is 1. The number of aryl methyl sites for hydroxylation is 1. The molecule has 1 heterocycles. The Labute approximate surface area is 175 Å². The van der Waals surface area contributed by atoms with Crippen LogP contribution < -0.4 is 5.32 Å². The first-order chi connectivity index (χ1) is 14.8. The van der Waals surface area contributed by atoms with Crippen LogP contribution in [0.15, 0.2) is 91.3 Å². The van der Waals surface area contributed by atoms with E-state index in [-0.39, 0.29) is 11.9 Å². The Kier molecular flexibility index (Phi) is 6.25. The lowest BCUT2D eigenvalue weighted by molar-refractivity contribution is -0.121. The normalized spacial score (nSPS) is 11.7. The van der Waals surface area contributed by atoms with E-state index in [1.54, 1.807) is 11.0 Å². The number of amides is 1. The number of hydrogen-bond acceptors (Lipinski definition) is 4. The van der Waals surface area contributed by atoms with Crippen molar-refractivity contribution in [3.63, 3.8) is 0 Å². The van der Waals surface area contributed by atoms with Gasteiger partial charge in [-0.1, -0.05) is 72.8 Å². The van der Waals surface area contributed by atoms with Crippen LogP contribution in [0.5, 0.6) is 0 Å². The average Bonchev–Trinajstić information content (AvgIpc) is 3.33. The molecule has 4 aromatic rings. The Morgan fingerprint density at radius 3 is 2.23 bits per heavy atom. The molecule has 3 aromatic carbocycles. The second kappa shape index (κ2) is 9.60. The van der Waals surface area contributed by atoms with Crippen LogP contribution in [0.3, 0.4) is 0 Å². The van der Waals surface area contributed by atoms with E-state index in [0.29, 0.717) is 6.42 Å². The maximum atomic E-state index is 12.8. The standard InChI is InChI=1S/C24H23N5O/c30-24(17-20-11-14-22(15-12-20)29-18-25-27-28-29)26-23(21-9-5-2-6-10-21)16-13-19-7-3-1-4-8-19/h1-12,14-15,18,23H,13,16-17H2,(H,26,30). The van der Waals surface area contributed by atoms with E-state index in [1.807, 2.05) is 60.7 Å². The molecule has 0 fully saturated rings. The smallest absolute Gasteiger partial charge is 0.224 e. The van der Waals surface area contributed by atoms with E-state index >= 15 is 0 Å². The van der Waals surface area contributed by atoms with E-state index in [4.69, 9.17) is 0 Å². The van der Waals surface area contributed by atoms with Gasteiger partial charge >= 0.3 is 0 Å². The summed E-state index contributed by atoms with van der Waals surface area (Å²) in [7, 11) is 0. The zero-order chi connectivity index (χ0) is 20.6. The monoisotopic (exact) mass is 397 g/mol. The highest BCUT2D eigenvalue weighted by Gasteiger charge is 2.15. The first-order valence-electron chi connectivity index (χ1n) is 9.98. The number of rotatable bonds is 8. The third-order valence-electron chi connectivity index (χ3n) is 5.02. The lowest BCUT2D eigenvalue weighted by Gasteiger charge is -2.19. The van der Waals surface area contributed by atoms with Crippen molar-refractivity contribution < 1.29 is 4.79 Å². The molecule has 0 aliphatic heterocycles. The van der Waals surface area contributed by atoms with E-state index in [2.05, 4.69) is 45.1 Å². The Morgan fingerprint density at radius 1 is 0.867 bits per heavy atom. The summed E-state index contributed by atoms with van der Waals surface area (Å²) in [6.07, 6.45) is 3.61. The highest BCUT2D eigenvalue weighted by molar-refractivity contribution is 5.79. The van der Waals surface area contributed by atoms with Gasteiger partial charge in [-0.05, 0) is 52.1 Å². The number of benzene rings is 3. The Bertz CT molecular complexity index is 1050. The molecule has 150 valence electrons. The van der Waals surface area contributed by atoms with Crippen LogP contribution in [0.1, 0.15) is 29.2 Å². The predicted octanol–water partition coefficient (Wildman–Crippen LogP) is 3.70. The molecule has 0 saturated carbocycles. The van der Waals surface area contributed by atoms with Gasteiger partial charge in [0.05, 0.1) is 18.2 Å². The molecule has 0 bridgehead atoms. The van der Waals surface area contributed by atoms with Gasteiger partial charge in [0.1, 0.15) is 6.33 Å². The molecule has 6 heteroatoms. The summed E-state index contributed by atoms with van der Waals surface area (Å²) in [5.41, 5.74) is 4.19. The molecule has 1 atom stereocenters. The van der Waals surface area contributed by atoms with Crippen LogP contribution in [0.25, 0.3) is 5.69 Å². The van der Waals surface area contributed by atoms with Gasteiger partial charge in [0.25, 0.3) is 0 Å². The second-order valence-corrected chi connectivity index (χ2v) is 7.15. The van der Waals surface area contributed by atoms with Gasteiger partial charge in [0, 0.05) is 0 Å². The number of carbonyl (C=O) groups is 1. The molecule has 1 amide bonds. The second-order valence-electron chi connectivity index (χ2n) is 7.15. The van der Waals surface area contributed by atoms with E-state index < -0.39 is 0 Å². The van der Waals surface area contributed by atoms with Crippen molar-refractivity contribution in [2.45, 2.75) is 25.3 Å². The van der Waals surface area contributed by atoms with Gasteiger partial charge in [0.15, 0.2) is 0 Å². The van der Waals surface area contributed by atoms with Crippen molar-refractivity contribution in [2.24, 2.45) is 0 Å². The summed E-state index contributed by atoms with van der Waals surface area (Å²) in [6.45, 7) is 0. The molecule has 1 aromatic heterocycles. The van der Waals surface area contributed by atoms with Crippen molar-refractivity contribution in [1.82, 2.24) is 25.5 Å². The van der Waals surface area contributed by atoms with Gasteiger partial charge in [0.2, 0.25) is 5.91 Å². The highest BCUT2D eigenvalue weighted by Crippen LogP contribution is 2.20. The molecular formula is C24H23N5O. The molecule has 1 N–H and O–H groups in total. The molecule has 6 nitrogen and oxygen atoms in total. The van der Waals surface area contributed by atoms with Crippen LogP contribution in [-0.4, -0.2) is 26.1 Å². The first kappa shape index (κ1) is 19.5. The topological polar surface area (TPSA) is 72.7 Å². The lowest BCUT2D eigenvalue weighted by Crippen LogP contribution is -2.30. The van der Waals surface area contributed by atoms with Crippen molar-refractivity contribution in [3.8, 4) is 5.69 Å². The molecule has 30 heavy (non-hydrogen) atoms. The fourth-order valence-electron chi connectivity index (χ4n) is 3.44. The molecule has 4 rings (SSSR count). The van der Waals surface area contributed by atoms with Gasteiger partial charge in [-0.2, -0.15) is 0 Å². The van der Waals surface area contributed by atoms with E-state index in [9.17, 15) is 4.79 Å². The largest absolute Gasteiger partial charge is 0.349 e. The molecule has 0 aliphatic rings. The summed E-state index contributed by atoms with van der Waals surface area (Å²) in [5.74, 6) is 0.00656. The summed E-state index contributed by atoms with van der Waals surface area (Å²) >= 11 is 0. The highest BCUT2D eigenvalue weighted by atomic mass is 16.1. The molecule has 0 aliphatic carbocycles. The molecule has 1 unspecified atom stereocenters. The van der Waals surface area contributed by atoms with Gasteiger partial charge in [-0.3, -0.25) is 4.79 Å². The summed E-state index contributed by atoms with van der Waals surface area (Å²) in [6, 6.07) is 28.1. The predicted molar refractivity (Wildman–Crippen MR) is 115 cm³/mol. The van der Waals surface area contributed by atoms with Crippen LogP contribution in [0.4, 0.5) is 0 Å². The Morgan fingerprint density at radius 2 is 1.57 bits per heavy atom. The minimum absolute atomic E-state index is 0.00656. The number of nitrogens with one attached hydrogen (secondary N) is 1. The zero-order valence-corrected chi connectivity index (χ0v) is 16.6. The average molecular weight is 397 g/mol. The Hall–Kier alpha value is -3.80. The zero-order valence-electron chi connectivity index (χ0n) is 16.6. The number of nitrogens with zero attached hydrogens (tertiary/aromatic N) is 4. The summed E-state index contributed by atoms with van der Waals surface area (Å²) < 4.78 is 1.58. The van der Waals surface area contributed by atoms with Crippen LogP contribution >= 0.6 is 0 Å². The number of carbonyl (C=O) groups excluding carboxylic acids is 1. The van der Waals surface area contributed by atoms with Gasteiger partial charge < -0.3 is 5.32 Å². The maximum Gasteiger partial charge on any atom is 0.224 e. The third-order valence-corrected chi connectivity index (χ3v) is 5.02. The SMILES string of the molecule is O=C(Cc1ccc(-n2cnnn2)cc1)NC(CCc1ccccc1)c1ccccc1. The molecule has 0 spiro atoms. The van der Waals surface area contributed by atoms with Crippen molar-refractivity contribution in [2.75, 3.05) is 0 Å². The fraction of sp³-hybridized carbons (Fsp3) is 0.167. The molecule has 0 radical (unpaired) electrons. The van der Waals surface area contributed by atoms with Crippen molar-refractivity contribution >= 4 is 5.91 Å². The lowest BCUT2D eigenvalue weighted by atomic mass is 9.98. The van der Waals surface area contributed by atoms with Crippen LogP contribution in [0.2, 0.25) is 0 Å². The molecular weight excluding hydrogens is 374 g/mol. The summed E-state index contributed by atoms with van der Waals surface area (Å²) in [4.78, 5) is 12.8. The van der Waals surface area contributed by atoms with Crippen LogP contribution in [0, 0.1) is 0 Å². The van der Waals surface area contributed by atoms with E-state index in [1.165, 1.54) is 5.56 Å². The number of hydrogen-bond donors (Lipinski definition) is 1. The Balaban J connectivity index is 1.41. The van der Waals surface area contributed by atoms with E-state index in [0.717, 1.165) is 29.7 Å². The van der Waals surface area contributed by atoms with Crippen molar-refractivity contribution in [3.05, 3.63) is 108 Å². The quantitative estimate of drug-likeness (QED) is 0.492. The van der Waals surface area contributed by atoms with Gasteiger partial charge in [-0.15, -0.1) is 5.10 Å². The first-order valence-corrected chi connectivity index (χ1v) is 9.98. The maximum absolute atomic E-state index is 12.8. The molecule has 0 saturated heterocycles. The van der Waals surface area contributed by atoms with Crippen molar-refractivity contribution in [1.29, 1.82) is 0 Å². The third kappa shape index (κ3) is 5.17. The minimum Gasteiger partial charge on any atom is -0.349 e. The number of aromatic nitrogens is 4.